The second-order valence-electron chi connectivity index (χ2n) is 7.16. The number of hydrogen-bond donors (Lipinski definition) is 1. The van der Waals surface area contributed by atoms with Gasteiger partial charge in [0.05, 0.1) is 20.3 Å². The zero-order chi connectivity index (χ0) is 22.5. The maximum atomic E-state index is 12.8. The molecule has 1 heterocycles. The molecule has 0 fully saturated rings. The number of aromatic nitrogens is 2. The Bertz CT molecular complexity index is 1200. The lowest BCUT2D eigenvalue weighted by atomic mass is 10.1. The summed E-state index contributed by atoms with van der Waals surface area (Å²) < 4.78 is 16.5. The van der Waals surface area contributed by atoms with Crippen molar-refractivity contribution < 1.29 is 18.7 Å². The first-order valence-electron chi connectivity index (χ1n) is 10.1. The van der Waals surface area contributed by atoms with Crippen LogP contribution < -0.4 is 14.8 Å². The molecule has 1 N–H and O–H groups in total. The third-order valence-corrected chi connectivity index (χ3v) is 5.09. The molecule has 0 bridgehead atoms. The zero-order valence-electron chi connectivity index (χ0n) is 18.0. The average Bonchev–Trinajstić information content (AvgIpc) is 3.34. The number of benzene rings is 3. The van der Waals surface area contributed by atoms with E-state index >= 15 is 0 Å². The van der Waals surface area contributed by atoms with Crippen LogP contribution in [-0.2, 0) is 0 Å². The summed E-state index contributed by atoms with van der Waals surface area (Å²) in [6.45, 7) is 1.90. The molecule has 1 amide bonds. The van der Waals surface area contributed by atoms with Crippen molar-refractivity contribution in [2.75, 3.05) is 14.2 Å². The Hall–Kier alpha value is -4.13. The number of hydrogen-bond acceptors (Lipinski definition) is 6. The molecule has 0 saturated heterocycles. The Morgan fingerprint density at radius 3 is 2.16 bits per heavy atom. The largest absolute Gasteiger partial charge is 0.497 e. The topological polar surface area (TPSA) is 86.5 Å². The molecule has 1 aromatic heterocycles. The minimum absolute atomic E-state index is 0.204. The summed E-state index contributed by atoms with van der Waals surface area (Å²) in [5.74, 6) is 2.01. The maximum Gasteiger partial charge on any atom is 0.251 e. The van der Waals surface area contributed by atoms with E-state index in [9.17, 15) is 4.79 Å². The minimum Gasteiger partial charge on any atom is -0.497 e. The lowest BCUT2D eigenvalue weighted by molar-refractivity contribution is 0.0939. The number of carbonyl (C=O) groups excluding carboxylic acids is 1. The Labute approximate surface area is 186 Å². The highest BCUT2D eigenvalue weighted by Crippen LogP contribution is 2.29. The zero-order valence-corrected chi connectivity index (χ0v) is 18.0. The van der Waals surface area contributed by atoms with E-state index in [1.807, 2.05) is 55.5 Å². The second-order valence-corrected chi connectivity index (χ2v) is 7.16. The van der Waals surface area contributed by atoms with Crippen molar-refractivity contribution in [2.24, 2.45) is 0 Å². The summed E-state index contributed by atoms with van der Waals surface area (Å²) >= 11 is 0. The Balaban J connectivity index is 1.48. The van der Waals surface area contributed by atoms with Gasteiger partial charge in [-0.05, 0) is 61.5 Å². The second kappa shape index (κ2) is 9.34. The molecule has 4 aromatic rings. The number of nitrogens with one attached hydrogen (secondary N) is 1. The van der Waals surface area contributed by atoms with Crippen LogP contribution in [-0.4, -0.2) is 30.3 Å². The third-order valence-electron chi connectivity index (χ3n) is 5.09. The van der Waals surface area contributed by atoms with Gasteiger partial charge in [-0.1, -0.05) is 18.2 Å². The van der Waals surface area contributed by atoms with E-state index in [0.717, 1.165) is 16.7 Å². The van der Waals surface area contributed by atoms with Gasteiger partial charge in [0.2, 0.25) is 11.8 Å². The average molecular weight is 429 g/mol. The van der Waals surface area contributed by atoms with Crippen molar-refractivity contribution in [1.29, 1.82) is 0 Å². The summed E-state index contributed by atoms with van der Waals surface area (Å²) in [7, 11) is 3.20. The highest BCUT2D eigenvalue weighted by atomic mass is 16.5. The van der Waals surface area contributed by atoms with Crippen LogP contribution in [0.2, 0.25) is 0 Å². The lowest BCUT2D eigenvalue weighted by Gasteiger charge is -2.18. The predicted octanol–water partition coefficient (Wildman–Crippen LogP) is 4.91. The van der Waals surface area contributed by atoms with E-state index in [2.05, 4.69) is 15.5 Å². The molecule has 0 aliphatic heterocycles. The van der Waals surface area contributed by atoms with E-state index < -0.39 is 0 Å². The van der Waals surface area contributed by atoms with Crippen LogP contribution in [0.3, 0.4) is 0 Å². The SMILES string of the molecule is COc1ccc(OC)c(C(C)NC(=O)c2ccc(-c3nnc(-c4ccccc4)o3)cc2)c1. The van der Waals surface area contributed by atoms with Gasteiger partial charge in [0.1, 0.15) is 11.5 Å². The monoisotopic (exact) mass is 429 g/mol. The van der Waals surface area contributed by atoms with Crippen molar-refractivity contribution in [2.45, 2.75) is 13.0 Å². The molecule has 0 radical (unpaired) electrons. The molecule has 0 aliphatic rings. The predicted molar refractivity (Wildman–Crippen MR) is 121 cm³/mol. The number of ether oxygens (including phenoxy) is 2. The lowest BCUT2D eigenvalue weighted by Crippen LogP contribution is -2.26. The van der Waals surface area contributed by atoms with Crippen LogP contribution in [0.25, 0.3) is 22.9 Å². The van der Waals surface area contributed by atoms with Gasteiger partial charge >= 0.3 is 0 Å². The Morgan fingerprint density at radius 2 is 1.53 bits per heavy atom. The van der Waals surface area contributed by atoms with Crippen molar-refractivity contribution in [3.63, 3.8) is 0 Å². The molecular weight excluding hydrogens is 406 g/mol. The molecule has 4 rings (SSSR count). The van der Waals surface area contributed by atoms with E-state index in [4.69, 9.17) is 13.9 Å². The highest BCUT2D eigenvalue weighted by molar-refractivity contribution is 5.94. The van der Waals surface area contributed by atoms with Crippen LogP contribution >= 0.6 is 0 Å². The van der Waals surface area contributed by atoms with E-state index in [1.54, 1.807) is 38.5 Å². The molecule has 7 nitrogen and oxygen atoms in total. The Kier molecular flexibility index (Phi) is 6.17. The van der Waals surface area contributed by atoms with Gasteiger partial charge in [0.25, 0.3) is 5.91 Å². The number of rotatable bonds is 7. The van der Waals surface area contributed by atoms with Gasteiger partial charge < -0.3 is 19.2 Å². The summed E-state index contributed by atoms with van der Waals surface area (Å²) in [6.07, 6.45) is 0. The van der Waals surface area contributed by atoms with Crippen LogP contribution in [0.4, 0.5) is 0 Å². The fraction of sp³-hybridized carbons (Fsp3) is 0.160. The quantitative estimate of drug-likeness (QED) is 0.449. The van der Waals surface area contributed by atoms with Gasteiger partial charge in [-0.2, -0.15) is 0 Å². The summed E-state index contributed by atoms with van der Waals surface area (Å²) in [4.78, 5) is 12.8. The number of nitrogens with zero attached hydrogens (tertiary/aromatic N) is 2. The number of carbonyl (C=O) groups is 1. The summed E-state index contributed by atoms with van der Waals surface area (Å²) in [5, 5.41) is 11.2. The van der Waals surface area contributed by atoms with Crippen LogP contribution in [0.15, 0.2) is 77.2 Å². The molecule has 0 spiro atoms. The Morgan fingerprint density at radius 1 is 0.875 bits per heavy atom. The molecule has 0 aliphatic carbocycles. The van der Waals surface area contributed by atoms with Gasteiger partial charge in [-0.25, -0.2) is 0 Å². The van der Waals surface area contributed by atoms with Crippen molar-refractivity contribution in [1.82, 2.24) is 15.5 Å². The van der Waals surface area contributed by atoms with Gasteiger partial charge in [-0.3, -0.25) is 4.79 Å². The van der Waals surface area contributed by atoms with Crippen molar-refractivity contribution >= 4 is 5.91 Å². The smallest absolute Gasteiger partial charge is 0.251 e. The molecule has 1 atom stereocenters. The van der Waals surface area contributed by atoms with Crippen molar-refractivity contribution in [3.05, 3.63) is 83.9 Å². The maximum absolute atomic E-state index is 12.8. The van der Waals surface area contributed by atoms with Crippen LogP contribution in [0.5, 0.6) is 11.5 Å². The van der Waals surface area contributed by atoms with E-state index in [0.29, 0.717) is 28.8 Å². The summed E-state index contributed by atoms with van der Waals surface area (Å²) in [6, 6.07) is 21.8. The number of amides is 1. The van der Waals surface area contributed by atoms with E-state index in [1.165, 1.54) is 0 Å². The fourth-order valence-electron chi connectivity index (χ4n) is 3.34. The van der Waals surface area contributed by atoms with Gasteiger partial charge in [0.15, 0.2) is 0 Å². The fourth-order valence-corrected chi connectivity index (χ4v) is 3.34. The molecule has 162 valence electrons. The van der Waals surface area contributed by atoms with Crippen LogP contribution in [0.1, 0.15) is 28.9 Å². The first kappa shape index (κ1) is 21.1. The molecular formula is C25H23N3O4. The van der Waals surface area contributed by atoms with Crippen molar-refractivity contribution in [3.8, 4) is 34.4 Å². The minimum atomic E-state index is -0.281. The molecule has 3 aromatic carbocycles. The molecule has 7 heteroatoms. The molecule has 1 unspecified atom stereocenters. The standard InChI is InChI=1S/C25H23N3O4/c1-16(21-15-20(30-2)13-14-22(21)31-3)26-23(29)17-9-11-19(12-10-17)25-28-27-24(32-25)18-7-5-4-6-8-18/h4-16H,1-3H3,(H,26,29). The number of methoxy groups -OCH3 is 2. The first-order valence-corrected chi connectivity index (χ1v) is 10.1. The molecule has 32 heavy (non-hydrogen) atoms. The molecule has 0 saturated carbocycles. The summed E-state index contributed by atoms with van der Waals surface area (Å²) in [5.41, 5.74) is 2.93. The van der Waals surface area contributed by atoms with Crippen LogP contribution in [0, 0.1) is 0 Å². The van der Waals surface area contributed by atoms with Gasteiger partial charge in [-0.15, -0.1) is 10.2 Å². The normalized spacial score (nSPS) is 11.6. The third kappa shape index (κ3) is 4.46. The first-order chi connectivity index (χ1) is 15.6. The van der Waals surface area contributed by atoms with Gasteiger partial charge in [0, 0.05) is 22.3 Å². The highest BCUT2D eigenvalue weighted by Gasteiger charge is 2.17. The van der Waals surface area contributed by atoms with E-state index in [-0.39, 0.29) is 11.9 Å².